The lowest BCUT2D eigenvalue weighted by Crippen LogP contribution is -2.38. The molecule has 0 radical (unpaired) electrons. The molecule has 0 aromatic heterocycles. The van der Waals surface area contributed by atoms with Crippen molar-refractivity contribution in [3.63, 3.8) is 0 Å². The van der Waals surface area contributed by atoms with Gasteiger partial charge in [0.25, 0.3) is 5.91 Å². The molecule has 1 aliphatic carbocycles. The molecule has 1 fully saturated rings. The summed E-state index contributed by atoms with van der Waals surface area (Å²) in [6, 6.07) is 15.8. The largest absolute Gasteiger partial charge is 0.497 e. The van der Waals surface area contributed by atoms with E-state index in [0.717, 1.165) is 18.4 Å². The Morgan fingerprint density at radius 3 is 2.46 bits per heavy atom. The summed E-state index contributed by atoms with van der Waals surface area (Å²) in [5, 5.41) is 12.4. The van der Waals surface area contributed by atoms with Crippen molar-refractivity contribution in [2.24, 2.45) is 11.8 Å². The Bertz CT molecular complexity index is 1200. The van der Waals surface area contributed by atoms with Crippen LogP contribution in [0.15, 0.2) is 71.3 Å². The lowest BCUT2D eigenvalue weighted by Gasteiger charge is -2.32. The Balaban J connectivity index is 1.39. The number of nitrogens with zero attached hydrogens (tertiary/aromatic N) is 1. The van der Waals surface area contributed by atoms with Crippen LogP contribution >= 0.6 is 0 Å². The van der Waals surface area contributed by atoms with Crippen LogP contribution in [0.3, 0.4) is 0 Å². The molecule has 10 heteroatoms. The first-order valence-corrected chi connectivity index (χ1v) is 14.9. The predicted molar refractivity (Wildman–Crippen MR) is 146 cm³/mol. The fourth-order valence-corrected chi connectivity index (χ4v) is 6.59. The maximum absolute atomic E-state index is 13.2. The van der Waals surface area contributed by atoms with Gasteiger partial charge in [-0.05, 0) is 60.6 Å². The van der Waals surface area contributed by atoms with Crippen LogP contribution in [-0.4, -0.2) is 63.4 Å². The Morgan fingerprint density at radius 1 is 1.08 bits per heavy atom. The second-order valence-electron chi connectivity index (χ2n) is 9.86. The average Bonchev–Trinajstić information content (AvgIpc) is 3.51. The second kappa shape index (κ2) is 13.9. The van der Waals surface area contributed by atoms with E-state index in [2.05, 4.69) is 5.32 Å². The fourth-order valence-electron chi connectivity index (χ4n) is 5.17. The molecule has 0 bridgehead atoms. The number of sulfonamides is 1. The molecule has 212 valence electrons. The molecule has 9 nitrogen and oxygen atoms in total. The van der Waals surface area contributed by atoms with Crippen LogP contribution in [0.4, 0.5) is 0 Å². The number of ether oxygens (including phenoxy) is 3. The van der Waals surface area contributed by atoms with Crippen LogP contribution in [-0.2, 0) is 30.8 Å². The summed E-state index contributed by atoms with van der Waals surface area (Å²) < 4.78 is 44.6. The summed E-state index contributed by atoms with van der Waals surface area (Å²) >= 11 is 0. The third kappa shape index (κ3) is 7.82. The zero-order valence-electron chi connectivity index (χ0n) is 22.3. The lowest BCUT2D eigenvalue weighted by molar-refractivity contribution is -0.151. The molecule has 2 aromatic rings. The number of rotatable bonds is 13. The highest BCUT2D eigenvalue weighted by atomic mass is 32.2. The van der Waals surface area contributed by atoms with E-state index >= 15 is 0 Å². The minimum Gasteiger partial charge on any atom is -0.497 e. The Hall–Kier alpha value is -2.92. The van der Waals surface area contributed by atoms with Crippen molar-refractivity contribution >= 4 is 15.9 Å². The van der Waals surface area contributed by atoms with Crippen molar-refractivity contribution in [1.82, 2.24) is 9.62 Å². The standard InChI is InChI=1S/C29H38N2O7S/c1-36-25-11-13-26(14-12-25)39(34,35)31(15-17-32)16-18-37-28-20-24(23-9-5-6-10-23)19-27(38-28)29(33)30-21-22-7-3-2-4-8-22/h2-4,7-8,11-14,19,23-24,28,32H,5-6,9-10,15-18,20-21H2,1H3,(H,30,33)/t24-,28+/m1/s1. The minimum atomic E-state index is -3.85. The lowest BCUT2D eigenvalue weighted by atomic mass is 9.86. The molecule has 0 saturated heterocycles. The number of methoxy groups -OCH3 is 1. The molecule has 0 unspecified atom stereocenters. The van der Waals surface area contributed by atoms with Gasteiger partial charge in [0.2, 0.25) is 16.3 Å². The van der Waals surface area contributed by atoms with Gasteiger partial charge in [-0.25, -0.2) is 8.42 Å². The van der Waals surface area contributed by atoms with E-state index < -0.39 is 16.3 Å². The quantitative estimate of drug-likeness (QED) is 0.387. The summed E-state index contributed by atoms with van der Waals surface area (Å²) in [6.07, 6.45) is 6.44. The fraction of sp³-hybridized carbons (Fsp3) is 0.483. The number of carbonyl (C=O) groups excluding carboxylic acids is 1. The van der Waals surface area contributed by atoms with Crippen molar-refractivity contribution in [1.29, 1.82) is 0 Å². The molecule has 1 heterocycles. The van der Waals surface area contributed by atoms with Crippen molar-refractivity contribution < 1.29 is 32.5 Å². The molecule has 1 saturated carbocycles. The zero-order valence-corrected chi connectivity index (χ0v) is 23.1. The van der Waals surface area contributed by atoms with Gasteiger partial charge < -0.3 is 24.6 Å². The predicted octanol–water partition coefficient (Wildman–Crippen LogP) is 3.45. The van der Waals surface area contributed by atoms with Crippen LogP contribution in [0.5, 0.6) is 5.75 Å². The first-order valence-electron chi connectivity index (χ1n) is 13.5. The van der Waals surface area contributed by atoms with E-state index in [1.54, 1.807) is 12.1 Å². The number of aliphatic hydroxyl groups excluding tert-OH is 1. The van der Waals surface area contributed by atoms with Gasteiger partial charge in [-0.2, -0.15) is 4.31 Å². The molecule has 0 spiro atoms. The molecule has 2 aliphatic rings. The number of nitrogens with one attached hydrogen (secondary N) is 1. The van der Waals surface area contributed by atoms with Crippen LogP contribution in [0.2, 0.25) is 0 Å². The molecule has 1 amide bonds. The average molecular weight is 559 g/mol. The number of hydrogen-bond acceptors (Lipinski definition) is 7. The maximum atomic E-state index is 13.2. The van der Waals surface area contributed by atoms with E-state index in [-0.39, 0.29) is 48.8 Å². The van der Waals surface area contributed by atoms with Gasteiger partial charge in [-0.15, -0.1) is 0 Å². The van der Waals surface area contributed by atoms with E-state index in [4.69, 9.17) is 14.2 Å². The van der Waals surface area contributed by atoms with Crippen LogP contribution in [0.25, 0.3) is 0 Å². The molecule has 2 N–H and O–H groups in total. The molecular formula is C29H38N2O7S. The van der Waals surface area contributed by atoms with Crippen LogP contribution in [0.1, 0.15) is 37.7 Å². The summed E-state index contributed by atoms with van der Waals surface area (Å²) in [5.74, 6) is 1.13. The van der Waals surface area contributed by atoms with E-state index in [9.17, 15) is 18.3 Å². The number of aliphatic hydroxyl groups is 1. The van der Waals surface area contributed by atoms with Crippen molar-refractivity contribution in [3.8, 4) is 5.75 Å². The van der Waals surface area contributed by atoms with Gasteiger partial charge in [-0.1, -0.05) is 43.2 Å². The topological polar surface area (TPSA) is 114 Å². The number of hydrogen-bond donors (Lipinski definition) is 2. The number of allylic oxidation sites excluding steroid dienone is 1. The normalized spacial score (nSPS) is 19.9. The number of amides is 1. The van der Waals surface area contributed by atoms with Gasteiger partial charge in [0.15, 0.2) is 5.76 Å². The van der Waals surface area contributed by atoms with Gasteiger partial charge in [0.1, 0.15) is 5.75 Å². The second-order valence-corrected chi connectivity index (χ2v) is 11.8. The minimum absolute atomic E-state index is 0.0299. The summed E-state index contributed by atoms with van der Waals surface area (Å²) in [7, 11) is -2.34. The zero-order chi connectivity index (χ0) is 27.7. The summed E-state index contributed by atoms with van der Waals surface area (Å²) in [5.41, 5.74) is 0.990. The summed E-state index contributed by atoms with van der Waals surface area (Å²) in [6.45, 7) is 0.0757. The highest BCUT2D eigenvalue weighted by Crippen LogP contribution is 2.38. The molecule has 4 rings (SSSR count). The highest BCUT2D eigenvalue weighted by Gasteiger charge is 2.34. The van der Waals surface area contributed by atoms with E-state index in [1.807, 2.05) is 36.4 Å². The first kappa shape index (κ1) is 29.1. The van der Waals surface area contributed by atoms with Gasteiger partial charge in [-0.3, -0.25) is 4.79 Å². The third-order valence-corrected chi connectivity index (χ3v) is 9.22. The van der Waals surface area contributed by atoms with Gasteiger partial charge in [0, 0.05) is 26.1 Å². The molecule has 2 aromatic carbocycles. The van der Waals surface area contributed by atoms with E-state index in [1.165, 1.54) is 36.4 Å². The van der Waals surface area contributed by atoms with Gasteiger partial charge >= 0.3 is 0 Å². The highest BCUT2D eigenvalue weighted by molar-refractivity contribution is 7.89. The maximum Gasteiger partial charge on any atom is 0.286 e. The third-order valence-electron chi connectivity index (χ3n) is 7.30. The molecule has 39 heavy (non-hydrogen) atoms. The number of benzene rings is 2. The molecular weight excluding hydrogens is 520 g/mol. The SMILES string of the molecule is COc1ccc(S(=O)(=O)N(CCO)CCO[C@@H]2C[C@H](C3CCCC3)C=C(C(=O)NCc3ccccc3)O2)cc1. The van der Waals surface area contributed by atoms with Crippen LogP contribution in [0, 0.1) is 11.8 Å². The molecule has 1 aliphatic heterocycles. The Labute approximate surface area is 230 Å². The van der Waals surface area contributed by atoms with Crippen molar-refractivity contribution in [2.45, 2.75) is 49.8 Å². The smallest absolute Gasteiger partial charge is 0.286 e. The first-order chi connectivity index (χ1) is 18.9. The van der Waals surface area contributed by atoms with E-state index in [0.29, 0.717) is 24.6 Å². The summed E-state index contributed by atoms with van der Waals surface area (Å²) in [4.78, 5) is 13.1. The Morgan fingerprint density at radius 2 is 1.79 bits per heavy atom. The number of carbonyl (C=O) groups is 1. The Kier molecular flexibility index (Phi) is 10.4. The van der Waals surface area contributed by atoms with Crippen LogP contribution < -0.4 is 10.1 Å². The molecule has 2 atom stereocenters. The van der Waals surface area contributed by atoms with Crippen molar-refractivity contribution in [3.05, 3.63) is 72.0 Å². The monoisotopic (exact) mass is 558 g/mol. The van der Waals surface area contributed by atoms with Gasteiger partial charge in [0.05, 0.1) is 25.2 Å². The van der Waals surface area contributed by atoms with Crippen molar-refractivity contribution in [2.75, 3.05) is 33.4 Å².